The molecular formula is C28H32FN3O5. The van der Waals surface area contributed by atoms with Gasteiger partial charge in [0.05, 0.1) is 26.2 Å². The number of hydrogen-bond donors (Lipinski definition) is 0. The Morgan fingerprint density at radius 2 is 1.81 bits per heavy atom. The van der Waals surface area contributed by atoms with Crippen molar-refractivity contribution in [3.05, 3.63) is 83.3 Å². The summed E-state index contributed by atoms with van der Waals surface area (Å²) in [5, 5.41) is 0. The van der Waals surface area contributed by atoms with Gasteiger partial charge in [-0.15, -0.1) is 0 Å². The van der Waals surface area contributed by atoms with Crippen molar-refractivity contribution in [3.63, 3.8) is 0 Å². The molecule has 0 radical (unpaired) electrons. The van der Waals surface area contributed by atoms with E-state index in [2.05, 4.69) is 9.88 Å². The molecule has 1 aromatic heterocycles. The van der Waals surface area contributed by atoms with Crippen LogP contribution in [0.25, 0.3) is 0 Å². The number of halogens is 1. The number of methoxy groups -OCH3 is 1. The third-order valence-corrected chi connectivity index (χ3v) is 6.39. The largest absolute Gasteiger partial charge is 0.497 e. The third-order valence-electron chi connectivity index (χ3n) is 6.39. The molecule has 0 N–H and O–H groups in total. The fourth-order valence-electron chi connectivity index (χ4n) is 4.46. The maximum absolute atomic E-state index is 13.4. The number of piperidine rings is 1. The highest BCUT2D eigenvalue weighted by Gasteiger charge is 2.30. The molecule has 2 aromatic carbocycles. The van der Waals surface area contributed by atoms with E-state index in [4.69, 9.17) is 13.9 Å². The van der Waals surface area contributed by atoms with Crippen molar-refractivity contribution in [3.8, 4) is 5.75 Å². The Morgan fingerprint density at radius 1 is 1.08 bits per heavy atom. The van der Waals surface area contributed by atoms with Crippen LogP contribution in [0.15, 0.2) is 59.2 Å². The lowest BCUT2D eigenvalue weighted by Crippen LogP contribution is -2.40. The third kappa shape index (κ3) is 7.16. The highest BCUT2D eigenvalue weighted by molar-refractivity contribution is 5.92. The molecule has 0 saturated carbocycles. The number of amides is 1. The molecule has 8 nitrogen and oxygen atoms in total. The summed E-state index contributed by atoms with van der Waals surface area (Å²) in [6.07, 6.45) is 2.53. The van der Waals surface area contributed by atoms with Gasteiger partial charge in [0.2, 0.25) is 5.89 Å². The highest BCUT2D eigenvalue weighted by atomic mass is 19.1. The maximum Gasteiger partial charge on any atom is 0.309 e. The number of aromatic nitrogens is 1. The molecule has 1 saturated heterocycles. The van der Waals surface area contributed by atoms with Gasteiger partial charge in [0.25, 0.3) is 5.91 Å². The topological polar surface area (TPSA) is 85.1 Å². The molecule has 1 amide bonds. The minimum absolute atomic E-state index is 0.173. The van der Waals surface area contributed by atoms with Crippen molar-refractivity contribution in [2.75, 3.05) is 26.8 Å². The monoisotopic (exact) mass is 509 g/mol. The van der Waals surface area contributed by atoms with Gasteiger partial charge in [0.1, 0.15) is 17.8 Å². The second-order valence-electron chi connectivity index (χ2n) is 9.07. The van der Waals surface area contributed by atoms with Gasteiger partial charge in [-0.1, -0.05) is 24.3 Å². The van der Waals surface area contributed by atoms with E-state index in [9.17, 15) is 14.0 Å². The molecule has 9 heteroatoms. The summed E-state index contributed by atoms with van der Waals surface area (Å²) in [4.78, 5) is 33.3. The van der Waals surface area contributed by atoms with Gasteiger partial charge in [-0.05, 0) is 55.2 Å². The molecule has 0 bridgehead atoms. The Morgan fingerprint density at radius 3 is 2.51 bits per heavy atom. The summed E-state index contributed by atoms with van der Waals surface area (Å²) in [7, 11) is 1.63. The average Bonchev–Trinajstić information content (AvgIpc) is 3.38. The smallest absolute Gasteiger partial charge is 0.309 e. The minimum Gasteiger partial charge on any atom is -0.497 e. The van der Waals surface area contributed by atoms with E-state index in [1.165, 1.54) is 18.4 Å². The molecule has 1 aliphatic rings. The number of rotatable bonds is 10. The number of benzene rings is 2. The Kier molecular flexibility index (Phi) is 8.90. The standard InChI is InChI=1S/C28H32FN3O5/c1-3-36-28(34)22-11-13-32(14-12-22)27(33)25-19-37-26(30-25)18-31(16-20-7-9-23(29)10-8-20)17-21-5-4-6-24(15-21)35-2/h4-10,15,19,22H,3,11-14,16-18H2,1-2H3. The van der Waals surface area contributed by atoms with Crippen molar-refractivity contribution in [1.82, 2.24) is 14.8 Å². The first-order valence-electron chi connectivity index (χ1n) is 12.4. The van der Waals surface area contributed by atoms with E-state index in [0.717, 1.165) is 16.9 Å². The molecule has 3 aromatic rings. The van der Waals surface area contributed by atoms with E-state index in [1.54, 1.807) is 31.1 Å². The number of esters is 1. The van der Waals surface area contributed by atoms with Crippen LogP contribution < -0.4 is 4.74 Å². The summed E-state index contributed by atoms with van der Waals surface area (Å²) >= 11 is 0. The summed E-state index contributed by atoms with van der Waals surface area (Å²) in [5.41, 5.74) is 2.22. The van der Waals surface area contributed by atoms with E-state index >= 15 is 0 Å². The zero-order valence-electron chi connectivity index (χ0n) is 21.2. The van der Waals surface area contributed by atoms with E-state index in [1.807, 2.05) is 24.3 Å². The van der Waals surface area contributed by atoms with Gasteiger partial charge < -0.3 is 18.8 Å². The Hall–Kier alpha value is -3.72. The van der Waals surface area contributed by atoms with Crippen LogP contribution in [-0.4, -0.2) is 53.5 Å². The van der Waals surface area contributed by atoms with Crippen molar-refractivity contribution in [1.29, 1.82) is 0 Å². The first-order chi connectivity index (χ1) is 17.9. The quantitative estimate of drug-likeness (QED) is 0.374. The van der Waals surface area contributed by atoms with Crippen LogP contribution in [0.3, 0.4) is 0 Å². The molecule has 37 heavy (non-hydrogen) atoms. The van der Waals surface area contributed by atoms with Crippen molar-refractivity contribution in [2.45, 2.75) is 39.4 Å². The number of nitrogens with zero attached hydrogens (tertiary/aromatic N) is 3. The van der Waals surface area contributed by atoms with Gasteiger partial charge >= 0.3 is 5.97 Å². The molecule has 0 unspecified atom stereocenters. The number of ether oxygens (including phenoxy) is 2. The molecule has 196 valence electrons. The lowest BCUT2D eigenvalue weighted by atomic mass is 9.97. The molecule has 4 rings (SSSR count). The van der Waals surface area contributed by atoms with Crippen LogP contribution in [0, 0.1) is 11.7 Å². The summed E-state index contributed by atoms with van der Waals surface area (Å²) < 4.78 is 29.5. The number of hydrogen-bond acceptors (Lipinski definition) is 7. The summed E-state index contributed by atoms with van der Waals surface area (Å²) in [5.74, 6) is 0.300. The highest BCUT2D eigenvalue weighted by Crippen LogP contribution is 2.22. The van der Waals surface area contributed by atoms with Crippen LogP contribution in [0.2, 0.25) is 0 Å². The maximum atomic E-state index is 13.4. The van der Waals surface area contributed by atoms with Gasteiger partial charge in [-0.25, -0.2) is 9.37 Å². The fraction of sp³-hybridized carbons (Fsp3) is 0.393. The molecule has 0 spiro atoms. The van der Waals surface area contributed by atoms with Crippen LogP contribution in [0.5, 0.6) is 5.75 Å². The SMILES string of the molecule is CCOC(=O)C1CCN(C(=O)c2coc(CN(Cc3ccc(F)cc3)Cc3cccc(OC)c3)n2)CC1. The second kappa shape index (κ2) is 12.5. The van der Waals surface area contributed by atoms with Crippen molar-refractivity contribution in [2.24, 2.45) is 5.92 Å². The van der Waals surface area contributed by atoms with Crippen molar-refractivity contribution >= 4 is 11.9 Å². The average molecular weight is 510 g/mol. The van der Waals surface area contributed by atoms with Gasteiger partial charge in [-0.3, -0.25) is 14.5 Å². The zero-order chi connectivity index (χ0) is 26.2. The molecule has 0 aliphatic carbocycles. The molecular weight excluding hydrogens is 477 g/mol. The summed E-state index contributed by atoms with van der Waals surface area (Å²) in [6.45, 7) is 4.54. The Bertz CT molecular complexity index is 1190. The van der Waals surface area contributed by atoms with E-state index < -0.39 is 0 Å². The fourth-order valence-corrected chi connectivity index (χ4v) is 4.46. The molecule has 1 fully saturated rings. The van der Waals surface area contributed by atoms with Gasteiger partial charge in [0, 0.05) is 26.2 Å². The second-order valence-corrected chi connectivity index (χ2v) is 9.07. The Balaban J connectivity index is 1.42. The zero-order valence-corrected chi connectivity index (χ0v) is 21.2. The van der Waals surface area contributed by atoms with Gasteiger partial charge in [-0.2, -0.15) is 0 Å². The number of carbonyl (C=O) groups is 2. The number of carbonyl (C=O) groups excluding carboxylic acids is 2. The van der Waals surface area contributed by atoms with Gasteiger partial charge in [0.15, 0.2) is 5.69 Å². The van der Waals surface area contributed by atoms with Crippen LogP contribution in [0.4, 0.5) is 4.39 Å². The van der Waals surface area contributed by atoms with Crippen LogP contribution in [-0.2, 0) is 29.2 Å². The Labute approximate surface area is 216 Å². The number of oxazole rings is 1. The predicted molar refractivity (Wildman–Crippen MR) is 134 cm³/mol. The molecule has 0 atom stereocenters. The molecule has 1 aliphatic heterocycles. The van der Waals surface area contributed by atoms with E-state index in [0.29, 0.717) is 58.1 Å². The van der Waals surface area contributed by atoms with Crippen LogP contribution >= 0.6 is 0 Å². The lowest BCUT2D eigenvalue weighted by molar-refractivity contribution is -0.149. The number of likely N-dealkylation sites (tertiary alicyclic amines) is 1. The lowest BCUT2D eigenvalue weighted by Gasteiger charge is -2.30. The first kappa shape index (κ1) is 26.3. The normalized spacial score (nSPS) is 14.1. The predicted octanol–water partition coefficient (Wildman–Crippen LogP) is 4.44. The first-order valence-corrected chi connectivity index (χ1v) is 12.4. The molecule has 2 heterocycles. The van der Waals surface area contributed by atoms with Crippen molar-refractivity contribution < 1.29 is 27.9 Å². The van der Waals surface area contributed by atoms with Crippen LogP contribution in [0.1, 0.15) is 47.3 Å². The van der Waals surface area contributed by atoms with E-state index in [-0.39, 0.29) is 29.3 Å². The minimum atomic E-state index is -0.287. The summed E-state index contributed by atoms with van der Waals surface area (Å²) in [6, 6.07) is 14.1.